The first-order valence-corrected chi connectivity index (χ1v) is 22.9. The Balaban J connectivity index is 1.15. The molecule has 1 aliphatic rings. The summed E-state index contributed by atoms with van der Waals surface area (Å²) in [4.78, 5) is 16.3. The minimum atomic E-state index is -0.380. The van der Waals surface area contributed by atoms with Gasteiger partial charge in [0.2, 0.25) is 0 Å². The van der Waals surface area contributed by atoms with Crippen LogP contribution in [0.4, 0.5) is 0 Å². The second-order valence-corrected chi connectivity index (χ2v) is 18.3. The Morgan fingerprint density at radius 1 is 0.424 bits per heavy atom. The normalized spacial score (nSPS) is 12.6. The van der Waals surface area contributed by atoms with E-state index in [0.717, 1.165) is 63.3 Å². The lowest BCUT2D eigenvalue weighted by Gasteiger charge is -2.22. The van der Waals surface area contributed by atoms with E-state index in [1.807, 2.05) is 0 Å². The molecule has 0 aliphatic heterocycles. The van der Waals surface area contributed by atoms with E-state index in [9.17, 15) is 0 Å². The number of para-hydroxylation sites is 3. The molecule has 11 aromatic rings. The van der Waals surface area contributed by atoms with Gasteiger partial charge in [0.1, 0.15) is 5.82 Å². The smallest absolute Gasteiger partial charge is 0.165 e. The van der Waals surface area contributed by atoms with Crippen LogP contribution in [0.3, 0.4) is 0 Å². The summed E-state index contributed by atoms with van der Waals surface area (Å²) >= 11 is 0. The molecule has 0 bridgehead atoms. The molecule has 12 rings (SSSR count). The summed E-state index contributed by atoms with van der Waals surface area (Å²) in [5.41, 5.74) is 16.5. The predicted molar refractivity (Wildman–Crippen MR) is 274 cm³/mol. The standard InChI is InChI=1S/C61H47N5/c1-61(2,3)60-63-58(48-28-15-18-33-54(48)65-52-31-16-13-26-46(52)47-27-14-17-32-53(47)65)62-59(64-60)49-30-19-29-45(42-24-11-6-12-25-42)57(49)66-55-36-34-43(40-20-7-4-8-21-40)38-50(55)51-39-44(35-37-56(51)66)41-22-9-5-10-23-41/h4-13,15-26,28-39H,14,27H2,1-3H3. The monoisotopic (exact) mass is 849 g/mol. The van der Waals surface area contributed by atoms with Crippen molar-refractivity contribution in [2.45, 2.75) is 39.0 Å². The predicted octanol–water partition coefficient (Wildman–Crippen LogP) is 15.5. The number of allylic oxidation sites excluding steroid dienone is 1. The lowest BCUT2D eigenvalue weighted by Crippen LogP contribution is -2.18. The zero-order chi connectivity index (χ0) is 44.4. The molecule has 0 fully saturated rings. The summed E-state index contributed by atoms with van der Waals surface area (Å²) in [5.74, 6) is 2.00. The maximum Gasteiger partial charge on any atom is 0.165 e. The van der Waals surface area contributed by atoms with Crippen molar-refractivity contribution in [3.05, 3.63) is 217 Å². The highest BCUT2D eigenvalue weighted by molar-refractivity contribution is 6.13. The quantitative estimate of drug-likeness (QED) is 0.160. The molecule has 0 saturated carbocycles. The molecule has 0 N–H and O–H groups in total. The fraction of sp³-hybridized carbons (Fsp3) is 0.0984. The third-order valence-electron chi connectivity index (χ3n) is 13.1. The van der Waals surface area contributed by atoms with E-state index in [4.69, 9.17) is 15.0 Å². The number of aromatic nitrogens is 5. The van der Waals surface area contributed by atoms with Gasteiger partial charge in [0.15, 0.2) is 11.6 Å². The lowest BCUT2D eigenvalue weighted by atomic mass is 9.95. The van der Waals surface area contributed by atoms with Crippen LogP contribution < -0.4 is 0 Å². The molecule has 0 amide bonds. The van der Waals surface area contributed by atoms with Gasteiger partial charge in [-0.15, -0.1) is 0 Å². The van der Waals surface area contributed by atoms with Crippen LogP contribution in [0.2, 0.25) is 0 Å². The minimum Gasteiger partial charge on any atom is -0.309 e. The molecule has 0 spiro atoms. The van der Waals surface area contributed by atoms with Crippen LogP contribution in [-0.2, 0) is 11.8 Å². The lowest BCUT2D eigenvalue weighted by molar-refractivity contribution is 0.543. The molecule has 316 valence electrons. The Bertz CT molecular complexity index is 3570. The first-order chi connectivity index (χ1) is 32.4. The van der Waals surface area contributed by atoms with E-state index >= 15 is 0 Å². The van der Waals surface area contributed by atoms with Gasteiger partial charge >= 0.3 is 0 Å². The van der Waals surface area contributed by atoms with Crippen LogP contribution in [0.15, 0.2) is 200 Å². The summed E-state index contributed by atoms with van der Waals surface area (Å²) in [5, 5.41) is 3.64. The SMILES string of the molecule is CC(C)(C)c1nc(-c2ccccc2-n2c3c(c4ccccc42)CCC=C3)nc(-c2cccc(-c3ccccc3)c2-n2c3ccc(-c4ccccc4)cc3c3cc(-c4ccccc4)ccc32)n1. The van der Waals surface area contributed by atoms with Crippen LogP contribution in [-0.4, -0.2) is 24.1 Å². The molecule has 0 unspecified atom stereocenters. The zero-order valence-corrected chi connectivity index (χ0v) is 37.3. The first-order valence-electron chi connectivity index (χ1n) is 22.9. The molecule has 3 heterocycles. The van der Waals surface area contributed by atoms with E-state index in [1.54, 1.807) is 0 Å². The number of aryl methyl sites for hydroxylation is 1. The third kappa shape index (κ3) is 6.66. The van der Waals surface area contributed by atoms with Gasteiger partial charge in [-0.3, -0.25) is 0 Å². The first kappa shape index (κ1) is 39.4. The molecule has 3 aromatic heterocycles. The van der Waals surface area contributed by atoms with Crippen molar-refractivity contribution in [3.63, 3.8) is 0 Å². The third-order valence-corrected chi connectivity index (χ3v) is 13.1. The number of rotatable bonds is 7. The second-order valence-electron chi connectivity index (χ2n) is 18.3. The number of fused-ring (bicyclic) bond motifs is 6. The van der Waals surface area contributed by atoms with E-state index in [-0.39, 0.29) is 5.41 Å². The van der Waals surface area contributed by atoms with E-state index in [2.05, 4.69) is 236 Å². The summed E-state index contributed by atoms with van der Waals surface area (Å²) in [7, 11) is 0. The molecular formula is C61H47N5. The van der Waals surface area contributed by atoms with E-state index in [0.29, 0.717) is 11.6 Å². The van der Waals surface area contributed by atoms with Gasteiger partial charge < -0.3 is 9.13 Å². The molecular weight excluding hydrogens is 803 g/mol. The Labute approximate surface area is 385 Å². The Morgan fingerprint density at radius 2 is 0.955 bits per heavy atom. The highest BCUT2D eigenvalue weighted by Gasteiger charge is 2.27. The van der Waals surface area contributed by atoms with Gasteiger partial charge in [0.05, 0.1) is 27.9 Å². The number of nitrogens with zero attached hydrogens (tertiary/aromatic N) is 5. The van der Waals surface area contributed by atoms with Crippen LogP contribution in [0.25, 0.3) is 106 Å². The van der Waals surface area contributed by atoms with Crippen molar-refractivity contribution in [2.24, 2.45) is 0 Å². The second kappa shape index (κ2) is 15.8. The van der Waals surface area contributed by atoms with Crippen molar-refractivity contribution in [1.82, 2.24) is 24.1 Å². The van der Waals surface area contributed by atoms with Gasteiger partial charge in [0.25, 0.3) is 0 Å². The summed E-state index contributed by atoms with van der Waals surface area (Å²) < 4.78 is 4.85. The molecule has 0 radical (unpaired) electrons. The summed E-state index contributed by atoms with van der Waals surface area (Å²) in [6.45, 7) is 6.56. The van der Waals surface area contributed by atoms with E-state index in [1.165, 1.54) is 55.2 Å². The maximum atomic E-state index is 5.56. The van der Waals surface area contributed by atoms with E-state index < -0.39 is 0 Å². The Hall–Kier alpha value is -8.15. The van der Waals surface area contributed by atoms with Crippen molar-refractivity contribution in [2.75, 3.05) is 0 Å². The van der Waals surface area contributed by atoms with Gasteiger partial charge in [0, 0.05) is 44.0 Å². The van der Waals surface area contributed by atoms with Crippen molar-refractivity contribution < 1.29 is 0 Å². The average Bonchev–Trinajstić information content (AvgIpc) is 3.88. The van der Waals surface area contributed by atoms with Gasteiger partial charge in [-0.1, -0.05) is 172 Å². The van der Waals surface area contributed by atoms with Crippen LogP contribution in [0.1, 0.15) is 44.3 Å². The van der Waals surface area contributed by atoms with Crippen LogP contribution in [0.5, 0.6) is 0 Å². The minimum absolute atomic E-state index is 0.380. The van der Waals surface area contributed by atoms with Crippen molar-refractivity contribution in [1.29, 1.82) is 0 Å². The molecule has 66 heavy (non-hydrogen) atoms. The number of hydrogen-bond acceptors (Lipinski definition) is 3. The van der Waals surface area contributed by atoms with Gasteiger partial charge in [-0.05, 0) is 101 Å². The molecule has 1 aliphatic carbocycles. The molecule has 5 nitrogen and oxygen atoms in total. The highest BCUT2D eigenvalue weighted by Crippen LogP contribution is 2.44. The fourth-order valence-corrected chi connectivity index (χ4v) is 9.96. The Morgan fingerprint density at radius 3 is 1.61 bits per heavy atom. The number of hydrogen-bond donors (Lipinski definition) is 0. The summed E-state index contributed by atoms with van der Waals surface area (Å²) in [6, 6.07) is 69.8. The highest BCUT2D eigenvalue weighted by atomic mass is 15.1. The Kier molecular flexibility index (Phi) is 9.46. The van der Waals surface area contributed by atoms with Crippen LogP contribution in [0, 0.1) is 0 Å². The molecule has 8 aromatic carbocycles. The topological polar surface area (TPSA) is 48.5 Å². The number of benzene rings is 8. The molecule has 0 atom stereocenters. The summed E-state index contributed by atoms with van der Waals surface area (Å²) in [6.07, 6.45) is 6.62. The van der Waals surface area contributed by atoms with Crippen molar-refractivity contribution in [3.8, 4) is 67.5 Å². The zero-order valence-electron chi connectivity index (χ0n) is 37.3. The van der Waals surface area contributed by atoms with Gasteiger partial charge in [-0.25, -0.2) is 15.0 Å². The van der Waals surface area contributed by atoms with Crippen molar-refractivity contribution >= 4 is 38.8 Å². The van der Waals surface area contributed by atoms with Crippen LogP contribution >= 0.6 is 0 Å². The maximum absolute atomic E-state index is 5.56. The van der Waals surface area contributed by atoms with Gasteiger partial charge in [-0.2, -0.15) is 0 Å². The molecule has 5 heteroatoms. The largest absolute Gasteiger partial charge is 0.309 e. The fourth-order valence-electron chi connectivity index (χ4n) is 9.96. The molecule has 0 saturated heterocycles. The average molecular weight is 850 g/mol.